The minimum atomic E-state index is 0.748. The molecule has 0 amide bonds. The highest BCUT2D eigenvalue weighted by Crippen LogP contribution is 2.09. The van der Waals surface area contributed by atoms with Gasteiger partial charge in [-0.05, 0) is 19.5 Å². The highest BCUT2D eigenvalue weighted by atomic mass is 15.4. The molecular formula is C17H22N6. The van der Waals surface area contributed by atoms with E-state index < -0.39 is 0 Å². The number of rotatable bonds is 7. The number of nitrogens with zero attached hydrogens (tertiary/aromatic N) is 6. The summed E-state index contributed by atoms with van der Waals surface area (Å²) in [5, 5.41) is 12.6. The third kappa shape index (κ3) is 4.04. The van der Waals surface area contributed by atoms with Crippen molar-refractivity contribution in [3.05, 3.63) is 65.7 Å². The molecule has 0 N–H and O–H groups in total. The number of aryl methyl sites for hydroxylation is 1. The Kier molecular flexibility index (Phi) is 4.83. The summed E-state index contributed by atoms with van der Waals surface area (Å²) in [6.45, 7) is 5.40. The van der Waals surface area contributed by atoms with Crippen LogP contribution in [0, 0.1) is 0 Å². The quantitative estimate of drug-likeness (QED) is 0.671. The van der Waals surface area contributed by atoms with Crippen LogP contribution in [0.4, 0.5) is 0 Å². The van der Waals surface area contributed by atoms with Crippen LogP contribution in [0.25, 0.3) is 0 Å². The Morgan fingerprint density at radius 2 is 1.87 bits per heavy atom. The van der Waals surface area contributed by atoms with Gasteiger partial charge in [0.2, 0.25) is 0 Å². The van der Waals surface area contributed by atoms with Crippen molar-refractivity contribution in [3.8, 4) is 0 Å². The summed E-state index contributed by atoms with van der Waals surface area (Å²) in [5.41, 5.74) is 3.56. The largest absolute Gasteiger partial charge is 0.296 e. The Bertz CT molecular complexity index is 730. The Balaban J connectivity index is 1.62. The summed E-state index contributed by atoms with van der Waals surface area (Å²) in [4.78, 5) is 2.25. The first-order valence-electron chi connectivity index (χ1n) is 7.85. The van der Waals surface area contributed by atoms with Crippen LogP contribution >= 0.6 is 0 Å². The van der Waals surface area contributed by atoms with Crippen molar-refractivity contribution in [1.82, 2.24) is 29.7 Å². The third-order valence-electron chi connectivity index (χ3n) is 3.77. The van der Waals surface area contributed by atoms with Gasteiger partial charge in [-0.15, -0.1) is 5.10 Å². The molecule has 0 saturated carbocycles. The second-order valence-corrected chi connectivity index (χ2v) is 5.75. The zero-order chi connectivity index (χ0) is 16.1. The molecule has 0 aliphatic carbocycles. The van der Waals surface area contributed by atoms with Crippen LogP contribution in [-0.2, 0) is 26.2 Å². The summed E-state index contributed by atoms with van der Waals surface area (Å²) >= 11 is 0. The van der Waals surface area contributed by atoms with E-state index in [2.05, 4.69) is 52.6 Å². The van der Waals surface area contributed by atoms with Crippen LogP contribution < -0.4 is 0 Å². The van der Waals surface area contributed by atoms with Gasteiger partial charge in [-0.25, -0.2) is 4.68 Å². The van der Waals surface area contributed by atoms with Crippen LogP contribution in [-0.4, -0.2) is 36.7 Å². The van der Waals surface area contributed by atoms with Gasteiger partial charge in [0.25, 0.3) is 0 Å². The standard InChI is InChI=1S/C17H22N6/c1-3-22-12-16(9-19-22)11-21(2)14-17-10-18-20-23(17)13-15-7-5-4-6-8-15/h4-10,12H,3,11,13-14H2,1-2H3. The number of aromatic nitrogens is 5. The lowest BCUT2D eigenvalue weighted by Gasteiger charge is -2.16. The average Bonchev–Trinajstić information content (AvgIpc) is 3.18. The number of benzene rings is 1. The van der Waals surface area contributed by atoms with Crippen molar-refractivity contribution in [2.45, 2.75) is 33.1 Å². The highest BCUT2D eigenvalue weighted by Gasteiger charge is 2.09. The molecule has 6 nitrogen and oxygen atoms in total. The molecule has 0 bridgehead atoms. The summed E-state index contributed by atoms with van der Waals surface area (Å²) in [5.74, 6) is 0. The van der Waals surface area contributed by atoms with E-state index in [4.69, 9.17) is 0 Å². The molecule has 2 heterocycles. The van der Waals surface area contributed by atoms with E-state index in [1.165, 1.54) is 11.1 Å². The molecule has 120 valence electrons. The maximum atomic E-state index is 4.32. The molecule has 1 aromatic carbocycles. The van der Waals surface area contributed by atoms with E-state index >= 15 is 0 Å². The highest BCUT2D eigenvalue weighted by molar-refractivity contribution is 5.15. The van der Waals surface area contributed by atoms with Gasteiger partial charge in [-0.3, -0.25) is 9.58 Å². The molecule has 0 fully saturated rings. The van der Waals surface area contributed by atoms with Gasteiger partial charge in [0.1, 0.15) is 0 Å². The van der Waals surface area contributed by atoms with E-state index in [-0.39, 0.29) is 0 Å². The second-order valence-electron chi connectivity index (χ2n) is 5.75. The number of hydrogen-bond donors (Lipinski definition) is 0. The smallest absolute Gasteiger partial charge is 0.0738 e. The van der Waals surface area contributed by atoms with E-state index in [1.54, 1.807) is 0 Å². The predicted molar refractivity (Wildman–Crippen MR) is 88.6 cm³/mol. The first kappa shape index (κ1) is 15.4. The van der Waals surface area contributed by atoms with E-state index in [9.17, 15) is 0 Å². The van der Waals surface area contributed by atoms with Crippen molar-refractivity contribution in [1.29, 1.82) is 0 Å². The van der Waals surface area contributed by atoms with Gasteiger partial charge >= 0.3 is 0 Å². The molecule has 0 aliphatic rings. The Hall–Kier alpha value is -2.47. The molecule has 3 aromatic rings. The molecule has 0 unspecified atom stereocenters. The van der Waals surface area contributed by atoms with Gasteiger partial charge in [0.15, 0.2) is 0 Å². The Morgan fingerprint density at radius 1 is 1.04 bits per heavy atom. The molecule has 6 heteroatoms. The van der Waals surface area contributed by atoms with Gasteiger partial charge in [-0.2, -0.15) is 5.10 Å². The summed E-state index contributed by atoms with van der Waals surface area (Å²) in [6, 6.07) is 10.3. The number of hydrogen-bond acceptors (Lipinski definition) is 4. The lowest BCUT2D eigenvalue weighted by atomic mass is 10.2. The molecule has 23 heavy (non-hydrogen) atoms. The Morgan fingerprint density at radius 3 is 2.61 bits per heavy atom. The van der Waals surface area contributed by atoms with Gasteiger partial charge < -0.3 is 0 Å². The fourth-order valence-corrected chi connectivity index (χ4v) is 2.60. The zero-order valence-electron chi connectivity index (χ0n) is 13.6. The van der Waals surface area contributed by atoms with Crippen molar-refractivity contribution >= 4 is 0 Å². The zero-order valence-corrected chi connectivity index (χ0v) is 13.6. The summed E-state index contributed by atoms with van der Waals surface area (Å²) in [6.07, 6.45) is 5.87. The van der Waals surface area contributed by atoms with Crippen molar-refractivity contribution in [3.63, 3.8) is 0 Å². The summed E-state index contributed by atoms with van der Waals surface area (Å²) in [7, 11) is 2.10. The van der Waals surface area contributed by atoms with Crippen LogP contribution in [0.1, 0.15) is 23.7 Å². The average molecular weight is 310 g/mol. The van der Waals surface area contributed by atoms with Crippen LogP contribution in [0.3, 0.4) is 0 Å². The fraction of sp³-hybridized carbons (Fsp3) is 0.353. The maximum Gasteiger partial charge on any atom is 0.0738 e. The first-order valence-corrected chi connectivity index (χ1v) is 7.85. The van der Waals surface area contributed by atoms with Crippen LogP contribution in [0.2, 0.25) is 0 Å². The van der Waals surface area contributed by atoms with Crippen LogP contribution in [0.5, 0.6) is 0 Å². The topological polar surface area (TPSA) is 51.8 Å². The van der Waals surface area contributed by atoms with Gasteiger partial charge in [0.05, 0.1) is 24.6 Å². The monoisotopic (exact) mass is 310 g/mol. The van der Waals surface area contributed by atoms with Gasteiger partial charge in [0, 0.05) is 31.4 Å². The molecule has 2 aromatic heterocycles. The normalized spacial score (nSPS) is 11.3. The lowest BCUT2D eigenvalue weighted by Crippen LogP contribution is -2.20. The van der Waals surface area contributed by atoms with E-state index in [0.717, 1.165) is 31.9 Å². The molecule has 0 radical (unpaired) electrons. The maximum absolute atomic E-state index is 4.32. The van der Waals surface area contributed by atoms with Crippen molar-refractivity contribution in [2.24, 2.45) is 0 Å². The van der Waals surface area contributed by atoms with Crippen LogP contribution in [0.15, 0.2) is 48.9 Å². The molecule has 3 rings (SSSR count). The SMILES string of the molecule is CCn1cc(CN(C)Cc2cnnn2Cc2ccccc2)cn1. The Labute approximate surface area is 136 Å². The fourth-order valence-electron chi connectivity index (χ4n) is 2.60. The van der Waals surface area contributed by atoms with E-state index in [1.807, 2.05) is 40.0 Å². The van der Waals surface area contributed by atoms with Gasteiger partial charge in [-0.1, -0.05) is 35.5 Å². The third-order valence-corrected chi connectivity index (χ3v) is 3.77. The lowest BCUT2D eigenvalue weighted by molar-refractivity contribution is 0.308. The molecule has 0 atom stereocenters. The molecule has 0 saturated heterocycles. The minimum Gasteiger partial charge on any atom is -0.296 e. The van der Waals surface area contributed by atoms with Crippen molar-refractivity contribution in [2.75, 3.05) is 7.05 Å². The first-order chi connectivity index (χ1) is 11.2. The predicted octanol–water partition coefficient (Wildman–Crippen LogP) is 2.17. The molecule has 0 aliphatic heterocycles. The second kappa shape index (κ2) is 7.19. The molecule has 0 spiro atoms. The van der Waals surface area contributed by atoms with E-state index in [0.29, 0.717) is 0 Å². The van der Waals surface area contributed by atoms with Crippen molar-refractivity contribution < 1.29 is 0 Å². The minimum absolute atomic E-state index is 0.748. The molecular weight excluding hydrogens is 288 g/mol. The summed E-state index contributed by atoms with van der Waals surface area (Å²) < 4.78 is 3.91.